The summed E-state index contributed by atoms with van der Waals surface area (Å²) in [6, 6.07) is 6.98. The summed E-state index contributed by atoms with van der Waals surface area (Å²) in [4.78, 5) is 27.5. The van der Waals surface area contributed by atoms with Crippen molar-refractivity contribution in [3.8, 4) is 0 Å². The van der Waals surface area contributed by atoms with E-state index >= 15 is 0 Å². The predicted octanol–water partition coefficient (Wildman–Crippen LogP) is 3.25. The van der Waals surface area contributed by atoms with Crippen molar-refractivity contribution in [1.82, 2.24) is 10.2 Å². The summed E-state index contributed by atoms with van der Waals surface area (Å²) in [5, 5.41) is 2.96. The zero-order valence-corrected chi connectivity index (χ0v) is 15.5. The van der Waals surface area contributed by atoms with Gasteiger partial charge >= 0.3 is 0 Å². The Kier molecular flexibility index (Phi) is 6.03. The van der Waals surface area contributed by atoms with Crippen LogP contribution in [0.2, 0.25) is 0 Å². The van der Waals surface area contributed by atoms with Crippen molar-refractivity contribution in [3.63, 3.8) is 0 Å². The van der Waals surface area contributed by atoms with Crippen LogP contribution in [0.25, 0.3) is 0 Å². The van der Waals surface area contributed by atoms with E-state index in [1.54, 1.807) is 6.07 Å². The number of amides is 2. The lowest BCUT2D eigenvalue weighted by molar-refractivity contribution is -0.137. The fourth-order valence-corrected chi connectivity index (χ4v) is 3.56. The Labute approximate surface area is 145 Å². The summed E-state index contributed by atoms with van der Waals surface area (Å²) in [6.45, 7) is 11.9. The zero-order valence-electron chi connectivity index (χ0n) is 15.5. The maximum atomic E-state index is 13.0. The molecule has 24 heavy (non-hydrogen) atoms. The number of hydrogen-bond donors (Lipinski definition) is 1. The molecule has 0 spiro atoms. The van der Waals surface area contributed by atoms with Gasteiger partial charge in [0.2, 0.25) is 5.91 Å². The average Bonchev–Trinajstić information content (AvgIpc) is 2.50. The summed E-state index contributed by atoms with van der Waals surface area (Å²) in [5.74, 6) is 0.947. The van der Waals surface area contributed by atoms with Crippen molar-refractivity contribution in [1.29, 1.82) is 0 Å². The first-order valence-electron chi connectivity index (χ1n) is 8.94. The summed E-state index contributed by atoms with van der Waals surface area (Å²) in [6.07, 6.45) is 1.16. The Balaban J connectivity index is 2.11. The van der Waals surface area contributed by atoms with Gasteiger partial charge in [0.15, 0.2) is 0 Å². The fraction of sp³-hybridized carbons (Fsp3) is 0.600. The Hall–Kier alpha value is -1.84. The summed E-state index contributed by atoms with van der Waals surface area (Å²) in [7, 11) is 0. The molecule has 0 aliphatic carbocycles. The van der Waals surface area contributed by atoms with E-state index in [-0.39, 0.29) is 17.7 Å². The molecule has 0 aromatic heterocycles. The highest BCUT2D eigenvalue weighted by Crippen LogP contribution is 2.22. The third-order valence-electron chi connectivity index (χ3n) is 4.68. The summed E-state index contributed by atoms with van der Waals surface area (Å²) < 4.78 is 0. The SMILES string of the molecule is Cc1cccc(C(=O)NC(C(=O)N2CC(C)CC(C)C2)C(C)C)c1. The van der Waals surface area contributed by atoms with Crippen LogP contribution in [0.5, 0.6) is 0 Å². The predicted molar refractivity (Wildman–Crippen MR) is 96.8 cm³/mol. The van der Waals surface area contributed by atoms with Crippen molar-refractivity contribution in [2.24, 2.45) is 17.8 Å². The van der Waals surface area contributed by atoms with Gasteiger partial charge in [-0.1, -0.05) is 45.4 Å². The molecule has 0 radical (unpaired) electrons. The maximum Gasteiger partial charge on any atom is 0.251 e. The molecule has 1 aromatic rings. The number of rotatable bonds is 4. The van der Waals surface area contributed by atoms with E-state index in [2.05, 4.69) is 19.2 Å². The van der Waals surface area contributed by atoms with Crippen LogP contribution in [-0.2, 0) is 4.79 Å². The number of likely N-dealkylation sites (tertiary alicyclic amines) is 1. The largest absolute Gasteiger partial charge is 0.340 e. The molecule has 1 heterocycles. The van der Waals surface area contributed by atoms with Crippen LogP contribution in [0.1, 0.15) is 50.0 Å². The molecule has 1 fully saturated rings. The lowest BCUT2D eigenvalue weighted by Gasteiger charge is -2.37. The van der Waals surface area contributed by atoms with E-state index in [1.165, 1.54) is 0 Å². The number of carbonyl (C=O) groups excluding carboxylic acids is 2. The van der Waals surface area contributed by atoms with Gasteiger partial charge in [0, 0.05) is 18.7 Å². The molecule has 2 rings (SSSR count). The molecule has 4 nitrogen and oxygen atoms in total. The molecule has 1 aliphatic rings. The molecule has 1 N–H and O–H groups in total. The molecule has 3 atom stereocenters. The van der Waals surface area contributed by atoms with Gasteiger partial charge in [-0.15, -0.1) is 0 Å². The van der Waals surface area contributed by atoms with Gasteiger partial charge in [-0.3, -0.25) is 9.59 Å². The Bertz CT molecular complexity index is 587. The van der Waals surface area contributed by atoms with E-state index in [9.17, 15) is 9.59 Å². The second-order valence-corrected chi connectivity index (χ2v) is 7.75. The van der Waals surface area contributed by atoms with Crippen LogP contribution in [0, 0.1) is 24.7 Å². The van der Waals surface area contributed by atoms with Crippen LogP contribution >= 0.6 is 0 Å². The van der Waals surface area contributed by atoms with Crippen LogP contribution < -0.4 is 5.32 Å². The number of carbonyl (C=O) groups is 2. The number of nitrogens with zero attached hydrogens (tertiary/aromatic N) is 1. The smallest absolute Gasteiger partial charge is 0.251 e. The van der Waals surface area contributed by atoms with Crippen molar-refractivity contribution >= 4 is 11.8 Å². The second kappa shape index (κ2) is 7.82. The van der Waals surface area contributed by atoms with Gasteiger partial charge < -0.3 is 10.2 Å². The summed E-state index contributed by atoms with van der Waals surface area (Å²) >= 11 is 0. The molecule has 0 saturated carbocycles. The number of nitrogens with one attached hydrogen (secondary N) is 1. The Morgan fingerprint density at radius 3 is 2.33 bits per heavy atom. The van der Waals surface area contributed by atoms with Gasteiger partial charge in [-0.05, 0) is 43.2 Å². The van der Waals surface area contributed by atoms with Gasteiger partial charge in [-0.25, -0.2) is 0 Å². The molecule has 3 unspecified atom stereocenters. The van der Waals surface area contributed by atoms with Gasteiger partial charge in [0.1, 0.15) is 6.04 Å². The normalized spacial score (nSPS) is 22.3. The quantitative estimate of drug-likeness (QED) is 0.921. The monoisotopic (exact) mass is 330 g/mol. The third-order valence-corrected chi connectivity index (χ3v) is 4.68. The molecule has 1 aliphatic heterocycles. The Morgan fingerprint density at radius 1 is 1.17 bits per heavy atom. The summed E-state index contributed by atoms with van der Waals surface area (Å²) in [5.41, 5.74) is 1.64. The first-order chi connectivity index (χ1) is 11.3. The topological polar surface area (TPSA) is 49.4 Å². The maximum absolute atomic E-state index is 13.0. The lowest BCUT2D eigenvalue weighted by atomic mass is 9.90. The van der Waals surface area contributed by atoms with E-state index in [4.69, 9.17) is 0 Å². The van der Waals surface area contributed by atoms with Gasteiger partial charge in [-0.2, -0.15) is 0 Å². The van der Waals surface area contributed by atoms with E-state index in [0.717, 1.165) is 25.1 Å². The fourth-order valence-electron chi connectivity index (χ4n) is 3.56. The zero-order chi connectivity index (χ0) is 17.9. The minimum absolute atomic E-state index is 0.0457. The molecule has 1 saturated heterocycles. The first-order valence-corrected chi connectivity index (χ1v) is 8.94. The van der Waals surface area contributed by atoms with E-state index < -0.39 is 6.04 Å². The molecular weight excluding hydrogens is 300 g/mol. The van der Waals surface area contributed by atoms with Crippen molar-refractivity contribution in [3.05, 3.63) is 35.4 Å². The van der Waals surface area contributed by atoms with E-state index in [1.807, 2.05) is 43.9 Å². The van der Waals surface area contributed by atoms with Crippen molar-refractivity contribution in [2.45, 2.75) is 47.1 Å². The number of aryl methyl sites for hydroxylation is 1. The van der Waals surface area contributed by atoms with Crippen LogP contribution in [0.3, 0.4) is 0 Å². The molecule has 1 aromatic carbocycles. The standard InChI is InChI=1S/C20H30N2O2/c1-13(2)18(20(24)22-11-15(4)9-16(5)12-22)21-19(23)17-8-6-7-14(3)10-17/h6-8,10,13,15-16,18H,9,11-12H2,1-5H3,(H,21,23). The number of hydrogen-bond acceptors (Lipinski definition) is 2. The first kappa shape index (κ1) is 18.5. The minimum atomic E-state index is -0.476. The van der Waals surface area contributed by atoms with Gasteiger partial charge in [0.25, 0.3) is 5.91 Å². The van der Waals surface area contributed by atoms with Gasteiger partial charge in [0.05, 0.1) is 0 Å². The van der Waals surface area contributed by atoms with Crippen LogP contribution in [0.15, 0.2) is 24.3 Å². The molecule has 4 heteroatoms. The van der Waals surface area contributed by atoms with Crippen LogP contribution in [-0.4, -0.2) is 35.8 Å². The molecular formula is C20H30N2O2. The van der Waals surface area contributed by atoms with Crippen molar-refractivity contribution < 1.29 is 9.59 Å². The van der Waals surface area contributed by atoms with E-state index in [0.29, 0.717) is 17.4 Å². The number of piperidine rings is 1. The Morgan fingerprint density at radius 2 is 1.79 bits per heavy atom. The average molecular weight is 330 g/mol. The molecule has 2 amide bonds. The molecule has 0 bridgehead atoms. The third kappa shape index (κ3) is 4.59. The highest BCUT2D eigenvalue weighted by molar-refractivity contribution is 5.97. The molecule has 132 valence electrons. The number of benzene rings is 1. The van der Waals surface area contributed by atoms with Crippen LogP contribution in [0.4, 0.5) is 0 Å². The second-order valence-electron chi connectivity index (χ2n) is 7.75. The van der Waals surface area contributed by atoms with Crippen molar-refractivity contribution in [2.75, 3.05) is 13.1 Å². The highest BCUT2D eigenvalue weighted by Gasteiger charge is 2.32. The lowest BCUT2D eigenvalue weighted by Crippen LogP contribution is -2.54. The highest BCUT2D eigenvalue weighted by atomic mass is 16.2. The minimum Gasteiger partial charge on any atom is -0.340 e.